The molecular weight excluding hydrogens is 787 g/mol. The van der Waals surface area contributed by atoms with E-state index in [1.165, 1.54) is 6.92 Å². The van der Waals surface area contributed by atoms with Crippen LogP contribution in [0.3, 0.4) is 0 Å². The van der Waals surface area contributed by atoms with E-state index in [1.807, 2.05) is 78.9 Å². The molecule has 3 fully saturated rings. The predicted octanol–water partition coefficient (Wildman–Crippen LogP) is 3.67. The quantitative estimate of drug-likeness (QED) is 0.150. The van der Waals surface area contributed by atoms with Gasteiger partial charge in [-0.1, -0.05) is 52.8 Å². The summed E-state index contributed by atoms with van der Waals surface area (Å²) < 4.78 is 45.9. The number of cyclic esters (lactones) is 1. The van der Waals surface area contributed by atoms with Crippen LogP contribution >= 0.6 is 0 Å². The molecule has 61 heavy (non-hydrogen) atoms. The molecule has 352 valence electrons. The van der Waals surface area contributed by atoms with Gasteiger partial charge in [-0.15, -0.1) is 0 Å². The number of carbonyl (C=O) groups excluding carboxylic acids is 1. The molecule has 0 aliphatic carbocycles. The maximum Gasteiger partial charge on any atom is 0.311 e. The molecule has 3 saturated heterocycles. The molecule has 1 aromatic rings. The van der Waals surface area contributed by atoms with Crippen LogP contribution in [0.1, 0.15) is 109 Å². The number of esters is 1. The minimum Gasteiger partial charge on any atom is -0.483 e. The van der Waals surface area contributed by atoms with Crippen LogP contribution in [0.2, 0.25) is 0 Å². The fraction of sp³-hybridized carbons (Fsp3) is 0.848. The van der Waals surface area contributed by atoms with Gasteiger partial charge in [0.25, 0.3) is 0 Å². The number of hydrogen-bond acceptors (Lipinski definition) is 15. The molecule has 7 N–H and O–H groups in total. The minimum atomic E-state index is -1.82. The molecule has 0 amide bonds. The first kappa shape index (κ1) is 51.6. The average Bonchev–Trinajstić information content (AvgIpc) is 3.20. The molecule has 15 heteroatoms. The normalized spacial score (nSPS) is 44.8. The number of para-hydroxylation sites is 1. The second kappa shape index (κ2) is 21.3. The van der Waals surface area contributed by atoms with Gasteiger partial charge in [0.1, 0.15) is 34.8 Å². The third-order valence-corrected chi connectivity index (χ3v) is 13.7. The van der Waals surface area contributed by atoms with Crippen molar-refractivity contribution in [3.8, 4) is 5.75 Å². The first-order chi connectivity index (χ1) is 28.4. The molecule has 15 nitrogen and oxygen atoms in total. The molecule has 4 rings (SSSR count). The Bertz CT molecular complexity index is 1510. The Balaban J connectivity index is 1.84. The van der Waals surface area contributed by atoms with E-state index in [2.05, 4.69) is 16.0 Å². The first-order valence-corrected chi connectivity index (χ1v) is 22.5. The molecular formula is C46H81N3O12. The van der Waals surface area contributed by atoms with E-state index in [9.17, 15) is 25.2 Å². The van der Waals surface area contributed by atoms with Gasteiger partial charge < -0.3 is 69.5 Å². The summed E-state index contributed by atoms with van der Waals surface area (Å²) in [5.74, 6) is -2.00. The lowest BCUT2D eigenvalue weighted by Crippen LogP contribution is -2.70. The lowest BCUT2D eigenvalue weighted by atomic mass is 9.75. The van der Waals surface area contributed by atoms with Crippen molar-refractivity contribution >= 4 is 5.97 Å². The van der Waals surface area contributed by atoms with E-state index in [4.69, 9.17) is 33.2 Å². The van der Waals surface area contributed by atoms with E-state index in [-0.39, 0.29) is 49.9 Å². The molecule has 3 aliphatic heterocycles. The van der Waals surface area contributed by atoms with Gasteiger partial charge in [-0.05, 0) is 99.4 Å². The second-order valence-corrected chi connectivity index (χ2v) is 19.3. The Hall–Kier alpha value is -1.99. The summed E-state index contributed by atoms with van der Waals surface area (Å²) in [7, 11) is 3.41. The van der Waals surface area contributed by atoms with Crippen LogP contribution in [-0.2, 0) is 33.2 Å². The van der Waals surface area contributed by atoms with Crippen molar-refractivity contribution in [3.05, 3.63) is 30.3 Å². The van der Waals surface area contributed by atoms with Gasteiger partial charge in [-0.3, -0.25) is 4.79 Å². The Morgan fingerprint density at radius 3 is 2.20 bits per heavy atom. The lowest BCUT2D eigenvalue weighted by Gasteiger charge is -2.54. The number of ether oxygens (including phenoxy) is 7. The Morgan fingerprint density at radius 1 is 0.951 bits per heavy atom. The van der Waals surface area contributed by atoms with Gasteiger partial charge in [0.2, 0.25) is 0 Å². The standard InChI is InChI=1S/C46H81N3O12/c1-15-35-45(12,53)39(50)31(8)48-24-27(4)22-43(10,52)40(61-42-38(34(47-13)21-28(5)56-42)58-33-19-17-16-18-20-33)29(6)37(30(7)41(51)59-35)60-36-23-44(11,55-14)46(54,32(9)57-36)25-49-26(2)3/h16-20,26-32,34-40,42,47-50,52-54H,15,21-25H2,1-14H3/t27-,28-,29+,30-,31-,32+,34+,35-,36+,37+,38-,39-,40-,42+,43-,44-,45-,46+/m1/s1. The maximum atomic E-state index is 14.5. The highest BCUT2D eigenvalue weighted by Gasteiger charge is 2.58. The Kier molecular flexibility index (Phi) is 18.1. The van der Waals surface area contributed by atoms with Gasteiger partial charge in [0.15, 0.2) is 18.7 Å². The molecule has 0 spiro atoms. The van der Waals surface area contributed by atoms with Crippen LogP contribution in [0.5, 0.6) is 5.75 Å². The van der Waals surface area contributed by atoms with Crippen molar-refractivity contribution in [3.63, 3.8) is 0 Å². The van der Waals surface area contributed by atoms with E-state index in [0.717, 1.165) is 0 Å². The molecule has 3 heterocycles. The summed E-state index contributed by atoms with van der Waals surface area (Å²) in [4.78, 5) is 14.5. The summed E-state index contributed by atoms with van der Waals surface area (Å²) >= 11 is 0. The topological polar surface area (TPSA) is 199 Å². The first-order valence-electron chi connectivity index (χ1n) is 22.5. The Labute approximate surface area is 365 Å². The summed E-state index contributed by atoms with van der Waals surface area (Å²) in [6.45, 7) is 22.4. The summed E-state index contributed by atoms with van der Waals surface area (Å²) in [5.41, 5.74) is -5.98. The number of methoxy groups -OCH3 is 1. The Morgan fingerprint density at radius 2 is 1.61 bits per heavy atom. The fourth-order valence-corrected chi connectivity index (χ4v) is 9.69. The van der Waals surface area contributed by atoms with Crippen molar-refractivity contribution in [1.82, 2.24) is 16.0 Å². The lowest BCUT2D eigenvalue weighted by molar-refractivity contribution is -0.335. The number of carbonyl (C=O) groups is 1. The van der Waals surface area contributed by atoms with Gasteiger partial charge in [-0.2, -0.15) is 0 Å². The van der Waals surface area contributed by atoms with Gasteiger partial charge >= 0.3 is 5.97 Å². The van der Waals surface area contributed by atoms with Crippen molar-refractivity contribution in [2.45, 2.75) is 205 Å². The zero-order valence-corrected chi connectivity index (χ0v) is 39.3. The maximum absolute atomic E-state index is 14.5. The SMILES string of the molecule is CC[C@H]1OC(=O)[C@H](C)[C@@H](O[C@H]2C[C@@](C)(OC)[C@](O)(CNC(C)C)[C@H](C)O2)[C@H](C)[C@@H](O[C@@H]2O[C@H](C)C[C@H](NC)[C@H]2Oc2ccccc2)[C@](C)(O)C[C@@H](C)CN[C@H](C)[C@@H](O)[C@]1(C)O. The highest BCUT2D eigenvalue weighted by atomic mass is 16.7. The monoisotopic (exact) mass is 868 g/mol. The van der Waals surface area contributed by atoms with Crippen molar-refractivity contribution in [1.29, 1.82) is 0 Å². The number of nitrogens with one attached hydrogen (secondary N) is 3. The molecule has 3 aliphatic rings. The van der Waals surface area contributed by atoms with Gasteiger partial charge in [0.05, 0.1) is 42.0 Å². The predicted molar refractivity (Wildman–Crippen MR) is 232 cm³/mol. The second-order valence-electron chi connectivity index (χ2n) is 19.3. The molecule has 18 atom stereocenters. The zero-order chi connectivity index (χ0) is 45.7. The van der Waals surface area contributed by atoms with Crippen LogP contribution in [0, 0.1) is 17.8 Å². The van der Waals surface area contributed by atoms with Crippen molar-refractivity contribution in [2.24, 2.45) is 17.8 Å². The van der Waals surface area contributed by atoms with Crippen molar-refractivity contribution < 1.29 is 58.4 Å². The van der Waals surface area contributed by atoms with E-state index in [0.29, 0.717) is 18.7 Å². The fourth-order valence-electron chi connectivity index (χ4n) is 9.69. The van der Waals surface area contributed by atoms with E-state index >= 15 is 0 Å². The van der Waals surface area contributed by atoms with E-state index < -0.39 is 95.5 Å². The zero-order valence-electron chi connectivity index (χ0n) is 39.3. The summed E-state index contributed by atoms with van der Waals surface area (Å²) in [6.07, 6.45) is -6.88. The smallest absolute Gasteiger partial charge is 0.311 e. The molecule has 0 saturated carbocycles. The molecule has 0 unspecified atom stereocenters. The van der Waals surface area contributed by atoms with Crippen LogP contribution in [-0.4, -0.2) is 149 Å². The van der Waals surface area contributed by atoms with Gasteiger partial charge in [0, 0.05) is 38.1 Å². The molecule has 1 aromatic carbocycles. The third kappa shape index (κ3) is 12.0. The van der Waals surface area contributed by atoms with Crippen LogP contribution in [0.15, 0.2) is 30.3 Å². The number of likely N-dealkylation sites (N-methyl/N-ethyl adjacent to an activating group) is 1. The number of hydrogen-bond donors (Lipinski definition) is 7. The van der Waals surface area contributed by atoms with Gasteiger partial charge in [-0.25, -0.2) is 0 Å². The average molecular weight is 868 g/mol. The highest BCUT2D eigenvalue weighted by Crippen LogP contribution is 2.43. The van der Waals surface area contributed by atoms with Crippen molar-refractivity contribution in [2.75, 3.05) is 27.2 Å². The largest absolute Gasteiger partial charge is 0.483 e. The number of aliphatic hydroxyl groups excluding tert-OH is 1. The number of aliphatic hydroxyl groups is 4. The number of rotatable bonds is 12. The van der Waals surface area contributed by atoms with Crippen LogP contribution < -0.4 is 20.7 Å². The highest BCUT2D eigenvalue weighted by molar-refractivity contribution is 5.73. The van der Waals surface area contributed by atoms with Crippen LogP contribution in [0.4, 0.5) is 0 Å². The van der Waals surface area contributed by atoms with E-state index in [1.54, 1.807) is 41.7 Å². The summed E-state index contributed by atoms with van der Waals surface area (Å²) in [5, 5.41) is 58.3. The minimum absolute atomic E-state index is 0.0884. The molecule has 0 radical (unpaired) electrons. The van der Waals surface area contributed by atoms with Crippen LogP contribution in [0.25, 0.3) is 0 Å². The number of benzene rings is 1. The molecule has 0 bridgehead atoms. The molecule has 0 aromatic heterocycles. The third-order valence-electron chi connectivity index (χ3n) is 13.7. The summed E-state index contributed by atoms with van der Waals surface area (Å²) in [6, 6.07) is 8.75.